The molecular formula is C22H25N3O4S. The van der Waals surface area contributed by atoms with Crippen LogP contribution >= 0.6 is 11.3 Å². The second-order valence-electron chi connectivity index (χ2n) is 7.00. The number of hydrogen-bond acceptors (Lipinski definition) is 6. The Bertz CT molecular complexity index is 1060. The predicted octanol–water partition coefficient (Wildman–Crippen LogP) is 4.64. The van der Waals surface area contributed by atoms with Crippen molar-refractivity contribution in [2.24, 2.45) is 0 Å². The van der Waals surface area contributed by atoms with Gasteiger partial charge in [0.25, 0.3) is 5.91 Å². The molecule has 0 unspecified atom stereocenters. The molecule has 1 amide bonds. The van der Waals surface area contributed by atoms with Gasteiger partial charge in [-0.2, -0.15) is 5.10 Å². The molecule has 158 valence electrons. The van der Waals surface area contributed by atoms with Crippen LogP contribution in [0, 0.1) is 27.7 Å². The van der Waals surface area contributed by atoms with Crippen LogP contribution in [0.25, 0.3) is 0 Å². The number of nitrogens with one attached hydrogen (secondary N) is 1. The molecule has 7 nitrogen and oxygen atoms in total. The normalized spacial score (nSPS) is 10.7. The number of nitrogens with zero attached hydrogens (tertiary/aromatic N) is 2. The lowest BCUT2D eigenvalue weighted by molar-refractivity contribution is 0.0527. The second kappa shape index (κ2) is 9.13. The number of carbonyl (C=O) groups is 2. The van der Waals surface area contributed by atoms with E-state index >= 15 is 0 Å². The highest BCUT2D eigenvalue weighted by Gasteiger charge is 2.23. The molecule has 0 aliphatic rings. The number of amides is 1. The van der Waals surface area contributed by atoms with Crippen LogP contribution in [0.15, 0.2) is 30.5 Å². The lowest BCUT2D eigenvalue weighted by Crippen LogP contribution is -2.16. The summed E-state index contributed by atoms with van der Waals surface area (Å²) in [5.41, 5.74) is 3.66. The molecule has 0 saturated carbocycles. The van der Waals surface area contributed by atoms with E-state index in [-0.39, 0.29) is 19.0 Å². The van der Waals surface area contributed by atoms with Crippen LogP contribution in [0.3, 0.4) is 0 Å². The Balaban J connectivity index is 1.70. The van der Waals surface area contributed by atoms with Crippen LogP contribution in [0.2, 0.25) is 0 Å². The zero-order valence-electron chi connectivity index (χ0n) is 17.7. The van der Waals surface area contributed by atoms with E-state index in [4.69, 9.17) is 9.47 Å². The van der Waals surface area contributed by atoms with Gasteiger partial charge >= 0.3 is 5.97 Å². The van der Waals surface area contributed by atoms with Crippen LogP contribution in [0.5, 0.6) is 5.75 Å². The maximum absolute atomic E-state index is 12.7. The smallest absolute Gasteiger partial charge is 0.341 e. The molecule has 1 aromatic carbocycles. The van der Waals surface area contributed by atoms with E-state index in [1.165, 1.54) is 11.3 Å². The molecule has 0 radical (unpaired) electrons. The molecule has 0 atom stereocenters. The minimum atomic E-state index is -0.443. The molecule has 2 heterocycles. The number of aromatic nitrogens is 2. The number of ether oxygens (including phenoxy) is 2. The van der Waals surface area contributed by atoms with Gasteiger partial charge in [0, 0.05) is 11.1 Å². The summed E-state index contributed by atoms with van der Waals surface area (Å²) in [7, 11) is 0. The summed E-state index contributed by atoms with van der Waals surface area (Å²) < 4.78 is 12.4. The Kier molecular flexibility index (Phi) is 6.56. The Labute approximate surface area is 179 Å². The lowest BCUT2D eigenvalue weighted by atomic mass is 10.1. The fraction of sp³-hybridized carbons (Fsp3) is 0.318. The number of thiophene rings is 1. The monoisotopic (exact) mass is 427 g/mol. The van der Waals surface area contributed by atoms with Gasteiger partial charge in [0.15, 0.2) is 12.4 Å². The minimum absolute atomic E-state index is 0.182. The summed E-state index contributed by atoms with van der Waals surface area (Å²) in [6, 6.07) is 7.57. The molecule has 0 aliphatic carbocycles. The topological polar surface area (TPSA) is 82.5 Å². The van der Waals surface area contributed by atoms with Crippen LogP contribution in [0.4, 0.5) is 5.00 Å². The van der Waals surface area contributed by atoms with Crippen LogP contribution in [-0.4, -0.2) is 28.3 Å². The van der Waals surface area contributed by atoms with Gasteiger partial charge in [-0.05, 0) is 69.5 Å². The van der Waals surface area contributed by atoms with E-state index in [1.54, 1.807) is 23.9 Å². The van der Waals surface area contributed by atoms with Crippen LogP contribution < -0.4 is 10.1 Å². The fourth-order valence-corrected chi connectivity index (χ4v) is 4.09. The Morgan fingerprint density at radius 3 is 2.50 bits per heavy atom. The standard InChI is InChI=1S/C22H25N3O4S/c1-6-28-22(27)19-15(4)16(5)30-21(19)23-20(26)18-7-8-25(24-18)12-29-17-10-13(2)9-14(3)11-17/h7-11H,6,12H2,1-5H3,(H,23,26). The Morgan fingerprint density at radius 2 is 1.83 bits per heavy atom. The van der Waals surface area contributed by atoms with Crippen molar-refractivity contribution in [3.8, 4) is 5.75 Å². The lowest BCUT2D eigenvalue weighted by Gasteiger charge is -2.08. The van der Waals surface area contributed by atoms with Gasteiger partial charge in [0.05, 0.1) is 12.2 Å². The zero-order chi connectivity index (χ0) is 21.8. The molecular weight excluding hydrogens is 402 g/mol. The molecule has 0 aliphatic heterocycles. The van der Waals surface area contributed by atoms with Crippen LogP contribution in [-0.2, 0) is 11.5 Å². The van der Waals surface area contributed by atoms with E-state index in [0.717, 1.165) is 27.3 Å². The van der Waals surface area contributed by atoms with Gasteiger partial charge in [-0.25, -0.2) is 9.48 Å². The van der Waals surface area contributed by atoms with E-state index in [1.807, 2.05) is 39.8 Å². The number of anilines is 1. The molecule has 0 bridgehead atoms. The maximum Gasteiger partial charge on any atom is 0.341 e. The largest absolute Gasteiger partial charge is 0.471 e. The van der Waals surface area contributed by atoms with Gasteiger partial charge in [-0.3, -0.25) is 4.79 Å². The first kappa shape index (κ1) is 21.6. The average Bonchev–Trinajstić information content (AvgIpc) is 3.25. The van der Waals surface area contributed by atoms with Gasteiger partial charge in [-0.1, -0.05) is 6.07 Å². The first-order valence-electron chi connectivity index (χ1n) is 9.61. The number of benzene rings is 1. The highest BCUT2D eigenvalue weighted by molar-refractivity contribution is 7.16. The average molecular weight is 428 g/mol. The molecule has 0 spiro atoms. The first-order chi connectivity index (χ1) is 14.3. The molecule has 2 aromatic heterocycles. The number of rotatable bonds is 7. The quantitative estimate of drug-likeness (QED) is 0.555. The van der Waals surface area contributed by atoms with Crippen molar-refractivity contribution in [2.75, 3.05) is 11.9 Å². The molecule has 3 aromatic rings. The van der Waals surface area contributed by atoms with Crippen molar-refractivity contribution in [1.82, 2.24) is 9.78 Å². The third-order valence-corrected chi connectivity index (χ3v) is 5.65. The van der Waals surface area contributed by atoms with Gasteiger partial charge < -0.3 is 14.8 Å². The third-order valence-electron chi connectivity index (χ3n) is 4.52. The summed E-state index contributed by atoms with van der Waals surface area (Å²) in [4.78, 5) is 25.9. The van der Waals surface area contributed by atoms with Gasteiger partial charge in [-0.15, -0.1) is 11.3 Å². The SMILES string of the molecule is CCOC(=O)c1c(NC(=O)c2ccn(COc3cc(C)cc(C)c3)n2)sc(C)c1C. The maximum atomic E-state index is 12.7. The minimum Gasteiger partial charge on any atom is -0.471 e. The highest BCUT2D eigenvalue weighted by Crippen LogP contribution is 2.33. The Morgan fingerprint density at radius 1 is 1.13 bits per heavy atom. The third kappa shape index (κ3) is 4.88. The van der Waals surface area contributed by atoms with Gasteiger partial charge in [0.2, 0.25) is 0 Å². The highest BCUT2D eigenvalue weighted by atomic mass is 32.1. The molecule has 30 heavy (non-hydrogen) atoms. The van der Waals surface area contributed by atoms with Crippen LogP contribution in [0.1, 0.15) is 49.3 Å². The van der Waals surface area contributed by atoms with Crippen molar-refractivity contribution in [3.63, 3.8) is 0 Å². The summed E-state index contributed by atoms with van der Waals surface area (Å²) in [5, 5.41) is 7.53. The number of esters is 1. The molecule has 0 saturated heterocycles. The number of aryl methyl sites for hydroxylation is 3. The van der Waals surface area contributed by atoms with Crippen molar-refractivity contribution in [3.05, 3.63) is 63.3 Å². The molecule has 1 N–H and O–H groups in total. The summed E-state index contributed by atoms with van der Waals surface area (Å²) >= 11 is 1.34. The van der Waals surface area contributed by atoms with Crippen molar-refractivity contribution in [1.29, 1.82) is 0 Å². The predicted molar refractivity (Wildman–Crippen MR) is 116 cm³/mol. The molecule has 0 fully saturated rings. The number of carbonyl (C=O) groups excluding carboxylic acids is 2. The fourth-order valence-electron chi connectivity index (χ4n) is 3.04. The zero-order valence-corrected chi connectivity index (χ0v) is 18.6. The molecule has 8 heteroatoms. The van der Waals surface area contributed by atoms with Gasteiger partial charge in [0.1, 0.15) is 10.8 Å². The van der Waals surface area contributed by atoms with E-state index in [9.17, 15) is 9.59 Å². The van der Waals surface area contributed by atoms with E-state index in [0.29, 0.717) is 10.6 Å². The second-order valence-corrected chi connectivity index (χ2v) is 8.22. The summed E-state index contributed by atoms with van der Waals surface area (Å²) in [5.74, 6) is -0.0911. The van der Waals surface area contributed by atoms with Crippen molar-refractivity contribution in [2.45, 2.75) is 41.3 Å². The molecule has 3 rings (SSSR count). The number of hydrogen-bond donors (Lipinski definition) is 1. The Hall–Kier alpha value is -3.13. The van der Waals surface area contributed by atoms with E-state index < -0.39 is 11.9 Å². The van der Waals surface area contributed by atoms with E-state index in [2.05, 4.69) is 16.5 Å². The summed E-state index contributed by atoms with van der Waals surface area (Å²) in [6.07, 6.45) is 1.68. The van der Waals surface area contributed by atoms with Crippen molar-refractivity contribution < 1.29 is 19.1 Å². The first-order valence-corrected chi connectivity index (χ1v) is 10.4. The van der Waals surface area contributed by atoms with Crippen molar-refractivity contribution >= 4 is 28.2 Å². The summed E-state index contributed by atoms with van der Waals surface area (Å²) in [6.45, 7) is 9.96.